The topological polar surface area (TPSA) is 97.6 Å². The summed E-state index contributed by atoms with van der Waals surface area (Å²) in [6, 6.07) is 5.05. The van der Waals surface area contributed by atoms with Crippen molar-refractivity contribution in [1.82, 2.24) is 19.4 Å². The SMILES string of the molecule is Cn1ccnc1C(=O)N(CCN1CCOCC1)c1nc2c(S(C)(=O)=O)cccc2s1. The van der Waals surface area contributed by atoms with Gasteiger partial charge in [-0.05, 0) is 12.1 Å². The van der Waals surface area contributed by atoms with E-state index in [2.05, 4.69) is 14.9 Å². The van der Waals surface area contributed by atoms with Crippen LogP contribution in [0.2, 0.25) is 0 Å². The molecule has 30 heavy (non-hydrogen) atoms. The summed E-state index contributed by atoms with van der Waals surface area (Å²) in [5.74, 6) is 0.0373. The number of fused-ring (bicyclic) bond motifs is 1. The number of imidazole rings is 1. The van der Waals surface area contributed by atoms with Crippen molar-refractivity contribution >= 4 is 42.4 Å². The molecule has 1 amide bonds. The van der Waals surface area contributed by atoms with Crippen LogP contribution in [-0.2, 0) is 21.6 Å². The number of nitrogens with zero attached hydrogens (tertiary/aromatic N) is 5. The minimum absolute atomic E-state index is 0.167. The molecule has 1 saturated heterocycles. The lowest BCUT2D eigenvalue weighted by molar-refractivity contribution is 0.0390. The van der Waals surface area contributed by atoms with Gasteiger partial charge in [-0.1, -0.05) is 17.4 Å². The summed E-state index contributed by atoms with van der Waals surface area (Å²) < 4.78 is 32.1. The summed E-state index contributed by atoms with van der Waals surface area (Å²) in [6.45, 7) is 4.04. The van der Waals surface area contributed by atoms with Gasteiger partial charge in [0.05, 0.1) is 22.8 Å². The molecule has 0 bridgehead atoms. The number of carbonyl (C=O) groups is 1. The van der Waals surface area contributed by atoms with Crippen LogP contribution < -0.4 is 4.90 Å². The zero-order valence-corrected chi connectivity index (χ0v) is 18.4. The maximum atomic E-state index is 13.3. The van der Waals surface area contributed by atoms with Crippen LogP contribution in [0.4, 0.5) is 5.13 Å². The predicted octanol–water partition coefficient (Wildman–Crippen LogP) is 1.41. The second-order valence-corrected chi connectivity index (χ2v) is 10.1. The Labute approximate surface area is 178 Å². The lowest BCUT2D eigenvalue weighted by Crippen LogP contribution is -2.43. The molecule has 0 radical (unpaired) electrons. The van der Waals surface area contributed by atoms with E-state index < -0.39 is 9.84 Å². The van der Waals surface area contributed by atoms with Gasteiger partial charge in [-0.2, -0.15) is 0 Å². The van der Waals surface area contributed by atoms with Crippen molar-refractivity contribution in [2.24, 2.45) is 7.05 Å². The molecule has 4 rings (SSSR count). The van der Waals surface area contributed by atoms with E-state index in [1.807, 2.05) is 6.07 Å². The Kier molecular flexibility index (Phi) is 5.87. The van der Waals surface area contributed by atoms with E-state index in [0.717, 1.165) is 24.0 Å². The first-order chi connectivity index (χ1) is 14.3. The van der Waals surface area contributed by atoms with E-state index in [1.165, 1.54) is 11.3 Å². The number of thiazole rings is 1. The van der Waals surface area contributed by atoms with E-state index in [-0.39, 0.29) is 10.8 Å². The Morgan fingerprint density at radius 3 is 2.73 bits per heavy atom. The van der Waals surface area contributed by atoms with Crippen molar-refractivity contribution in [3.8, 4) is 0 Å². The molecule has 0 atom stereocenters. The van der Waals surface area contributed by atoms with Crippen molar-refractivity contribution in [2.45, 2.75) is 4.90 Å². The standard InChI is InChI=1S/C19H23N5O4S2/c1-22-7-6-20-17(22)18(25)24(9-8-23-10-12-28-13-11-23)19-21-16-14(29-19)4-3-5-15(16)30(2,26)27/h3-7H,8-13H2,1-2H3. The fourth-order valence-electron chi connectivity index (χ4n) is 3.37. The number of anilines is 1. The summed E-state index contributed by atoms with van der Waals surface area (Å²) in [5.41, 5.74) is 0.393. The Balaban J connectivity index is 1.71. The number of hydrogen-bond acceptors (Lipinski definition) is 8. The lowest BCUT2D eigenvalue weighted by atomic mass is 10.3. The number of carbonyl (C=O) groups excluding carboxylic acids is 1. The third kappa shape index (κ3) is 4.24. The second kappa shape index (κ2) is 8.42. The molecule has 1 aliphatic rings. The van der Waals surface area contributed by atoms with Gasteiger partial charge >= 0.3 is 0 Å². The van der Waals surface area contributed by atoms with Gasteiger partial charge in [-0.25, -0.2) is 18.4 Å². The molecule has 1 fully saturated rings. The van der Waals surface area contributed by atoms with Gasteiger partial charge in [0, 0.05) is 51.9 Å². The van der Waals surface area contributed by atoms with Crippen molar-refractivity contribution in [3.63, 3.8) is 0 Å². The summed E-state index contributed by atoms with van der Waals surface area (Å²) >= 11 is 1.30. The number of aromatic nitrogens is 3. The Morgan fingerprint density at radius 2 is 2.07 bits per heavy atom. The van der Waals surface area contributed by atoms with Crippen molar-refractivity contribution in [2.75, 3.05) is 50.5 Å². The number of ether oxygens (including phenoxy) is 1. The minimum atomic E-state index is -3.44. The smallest absolute Gasteiger partial charge is 0.296 e. The quantitative estimate of drug-likeness (QED) is 0.561. The molecule has 1 aromatic carbocycles. The monoisotopic (exact) mass is 449 g/mol. The van der Waals surface area contributed by atoms with Gasteiger partial charge in [0.15, 0.2) is 20.8 Å². The van der Waals surface area contributed by atoms with Crippen LogP contribution in [0.1, 0.15) is 10.6 Å². The average Bonchev–Trinajstić information content (AvgIpc) is 3.33. The van der Waals surface area contributed by atoms with Gasteiger partial charge in [-0.3, -0.25) is 14.6 Å². The molecule has 2 aromatic heterocycles. The van der Waals surface area contributed by atoms with Crippen LogP contribution in [0.15, 0.2) is 35.5 Å². The molecule has 9 nitrogen and oxygen atoms in total. The predicted molar refractivity (Wildman–Crippen MR) is 115 cm³/mol. The van der Waals surface area contributed by atoms with Gasteiger partial charge in [-0.15, -0.1) is 0 Å². The number of benzene rings is 1. The van der Waals surface area contributed by atoms with Crippen LogP contribution in [0.3, 0.4) is 0 Å². The zero-order valence-electron chi connectivity index (χ0n) is 16.8. The zero-order chi connectivity index (χ0) is 21.3. The highest BCUT2D eigenvalue weighted by Crippen LogP contribution is 2.33. The molecule has 0 unspecified atom stereocenters. The van der Waals surface area contributed by atoms with E-state index in [0.29, 0.717) is 42.8 Å². The number of sulfone groups is 1. The number of para-hydroxylation sites is 1. The summed E-state index contributed by atoms with van der Waals surface area (Å²) in [5, 5.41) is 0.461. The third-order valence-electron chi connectivity index (χ3n) is 5.00. The third-order valence-corrected chi connectivity index (χ3v) is 7.17. The molecule has 0 saturated carbocycles. The number of hydrogen-bond donors (Lipinski definition) is 0. The Hall–Kier alpha value is -2.34. The fourth-order valence-corrected chi connectivity index (χ4v) is 5.28. The van der Waals surface area contributed by atoms with E-state index in [9.17, 15) is 13.2 Å². The van der Waals surface area contributed by atoms with Crippen molar-refractivity contribution in [1.29, 1.82) is 0 Å². The minimum Gasteiger partial charge on any atom is -0.379 e. The van der Waals surface area contributed by atoms with Gasteiger partial charge in [0.25, 0.3) is 5.91 Å². The maximum absolute atomic E-state index is 13.3. The summed E-state index contributed by atoms with van der Waals surface area (Å²) in [4.78, 5) is 26.1. The number of rotatable bonds is 6. The van der Waals surface area contributed by atoms with E-state index >= 15 is 0 Å². The Morgan fingerprint density at radius 1 is 1.30 bits per heavy atom. The molecular weight excluding hydrogens is 426 g/mol. The van der Waals surface area contributed by atoms with Gasteiger partial charge in [0.1, 0.15) is 5.52 Å². The van der Waals surface area contributed by atoms with Gasteiger partial charge in [0.2, 0.25) is 0 Å². The van der Waals surface area contributed by atoms with E-state index in [1.54, 1.807) is 41.0 Å². The fraction of sp³-hybridized carbons (Fsp3) is 0.421. The summed E-state index contributed by atoms with van der Waals surface area (Å²) in [6.07, 6.45) is 4.46. The highest BCUT2D eigenvalue weighted by molar-refractivity contribution is 7.91. The van der Waals surface area contributed by atoms with Crippen LogP contribution in [0.25, 0.3) is 10.2 Å². The number of morpholine rings is 1. The van der Waals surface area contributed by atoms with Crippen molar-refractivity contribution in [3.05, 3.63) is 36.4 Å². The number of amides is 1. The van der Waals surface area contributed by atoms with Crippen molar-refractivity contribution < 1.29 is 17.9 Å². The molecule has 3 heterocycles. The highest BCUT2D eigenvalue weighted by Gasteiger charge is 2.26. The van der Waals surface area contributed by atoms with E-state index in [4.69, 9.17) is 4.74 Å². The first-order valence-electron chi connectivity index (χ1n) is 9.53. The molecular formula is C19H23N5O4S2. The first kappa shape index (κ1) is 20.9. The first-order valence-corrected chi connectivity index (χ1v) is 12.2. The van der Waals surface area contributed by atoms with Crippen LogP contribution in [-0.4, -0.2) is 79.4 Å². The number of aryl methyl sites for hydroxylation is 1. The molecule has 1 aliphatic heterocycles. The molecule has 160 valence electrons. The molecule has 11 heteroatoms. The summed E-state index contributed by atoms with van der Waals surface area (Å²) in [7, 11) is -1.67. The largest absolute Gasteiger partial charge is 0.379 e. The second-order valence-electron chi connectivity index (χ2n) is 7.14. The van der Waals surface area contributed by atoms with Crippen LogP contribution >= 0.6 is 11.3 Å². The normalized spacial score (nSPS) is 15.5. The molecule has 3 aromatic rings. The maximum Gasteiger partial charge on any atom is 0.296 e. The molecule has 0 N–H and O–H groups in total. The van der Waals surface area contributed by atoms with Crippen LogP contribution in [0, 0.1) is 0 Å². The molecule has 0 aliphatic carbocycles. The molecule has 0 spiro atoms. The Bertz CT molecular complexity index is 1160. The van der Waals surface area contributed by atoms with Crippen LogP contribution in [0.5, 0.6) is 0 Å². The highest BCUT2D eigenvalue weighted by atomic mass is 32.2. The lowest BCUT2D eigenvalue weighted by Gasteiger charge is -2.29. The average molecular weight is 450 g/mol. The van der Waals surface area contributed by atoms with Gasteiger partial charge < -0.3 is 9.30 Å².